The normalized spacial score (nSPS) is 19.6. The molecule has 1 aliphatic carbocycles. The fraction of sp³-hybridized carbons (Fsp3) is 0.667. The van der Waals surface area contributed by atoms with Crippen LogP contribution in [0.15, 0.2) is 12.1 Å². The minimum absolute atomic E-state index is 0.104. The van der Waals surface area contributed by atoms with Gasteiger partial charge in [-0.3, -0.25) is 9.69 Å². The van der Waals surface area contributed by atoms with E-state index in [2.05, 4.69) is 21.4 Å². The van der Waals surface area contributed by atoms with Crippen molar-refractivity contribution in [2.24, 2.45) is 13.0 Å². The van der Waals surface area contributed by atoms with Crippen LogP contribution in [0.4, 0.5) is 5.82 Å². The van der Waals surface area contributed by atoms with Gasteiger partial charge in [-0.2, -0.15) is 10.4 Å². The number of nitriles is 1. The van der Waals surface area contributed by atoms with E-state index in [4.69, 9.17) is 10.2 Å². The summed E-state index contributed by atoms with van der Waals surface area (Å²) in [6.45, 7) is 2.27. The van der Waals surface area contributed by atoms with E-state index in [9.17, 15) is 4.79 Å². The van der Waals surface area contributed by atoms with E-state index in [1.54, 1.807) is 4.68 Å². The number of rotatable bonds is 6. The number of carbonyl (C=O) groups excluding carboxylic acids is 1. The summed E-state index contributed by atoms with van der Waals surface area (Å²) in [6.07, 6.45) is 11.4. The lowest BCUT2D eigenvalue weighted by molar-refractivity contribution is 0.0928. The van der Waals surface area contributed by atoms with Crippen molar-refractivity contribution in [2.45, 2.75) is 70.3 Å². The van der Waals surface area contributed by atoms with E-state index in [-0.39, 0.29) is 5.78 Å². The van der Waals surface area contributed by atoms with Crippen molar-refractivity contribution in [1.82, 2.24) is 19.7 Å². The van der Waals surface area contributed by atoms with Crippen LogP contribution >= 0.6 is 0 Å². The summed E-state index contributed by atoms with van der Waals surface area (Å²) in [7, 11) is 1.87. The van der Waals surface area contributed by atoms with E-state index in [1.807, 2.05) is 19.2 Å². The average molecular weight is 423 g/mol. The Labute approximate surface area is 184 Å². The summed E-state index contributed by atoms with van der Waals surface area (Å²) >= 11 is 0. The number of nitrogens with zero attached hydrogens (tertiary/aromatic N) is 5. The number of piperidine rings is 1. The number of Topliss-reactive ketones (excluding diaryl/α,β-unsaturated/α-hetero) is 1. The molecule has 2 aromatic rings. The molecule has 0 radical (unpaired) electrons. The molecule has 31 heavy (non-hydrogen) atoms. The summed E-state index contributed by atoms with van der Waals surface area (Å²) in [5.41, 5.74) is 1.31. The van der Waals surface area contributed by atoms with Crippen LogP contribution in [0.25, 0.3) is 11.0 Å². The first-order valence-electron chi connectivity index (χ1n) is 11.9. The maximum Gasteiger partial charge on any atom is 0.184 e. The lowest BCUT2D eigenvalue weighted by atomic mass is 9.90. The summed E-state index contributed by atoms with van der Waals surface area (Å²) in [5, 5.41) is 17.9. The van der Waals surface area contributed by atoms with Crippen LogP contribution in [0.1, 0.15) is 74.7 Å². The van der Waals surface area contributed by atoms with Crippen molar-refractivity contribution < 1.29 is 4.79 Å². The van der Waals surface area contributed by atoms with Crippen LogP contribution in [0.3, 0.4) is 0 Å². The highest BCUT2D eigenvalue weighted by Gasteiger charge is 2.25. The van der Waals surface area contributed by atoms with Gasteiger partial charge >= 0.3 is 0 Å². The maximum absolute atomic E-state index is 13.0. The topological polar surface area (TPSA) is 86.8 Å². The van der Waals surface area contributed by atoms with Crippen molar-refractivity contribution in [3.05, 3.63) is 17.8 Å². The molecule has 1 N–H and O–H groups in total. The number of pyridine rings is 1. The molecule has 0 amide bonds. The highest BCUT2D eigenvalue weighted by molar-refractivity contribution is 6.05. The third kappa shape index (κ3) is 5.43. The Bertz CT molecular complexity index is 929. The molecule has 1 aliphatic heterocycles. The minimum atomic E-state index is 0.104. The smallest absolute Gasteiger partial charge is 0.184 e. The number of carbonyl (C=O) groups is 1. The van der Waals surface area contributed by atoms with E-state index >= 15 is 0 Å². The predicted octanol–water partition coefficient (Wildman–Crippen LogP) is 4.30. The van der Waals surface area contributed by atoms with Crippen LogP contribution in [-0.2, 0) is 7.05 Å². The van der Waals surface area contributed by atoms with E-state index in [1.165, 1.54) is 44.9 Å². The molecule has 0 atom stereocenters. The van der Waals surface area contributed by atoms with Crippen LogP contribution in [0.2, 0.25) is 0 Å². The Kier molecular flexibility index (Phi) is 7.18. The summed E-state index contributed by atoms with van der Waals surface area (Å²) in [5.74, 6) is 1.35. The Hall–Kier alpha value is -2.46. The minimum Gasteiger partial charge on any atom is -0.367 e. The molecule has 3 heterocycles. The number of nitrogens with one attached hydrogen (secondary N) is 1. The molecule has 0 spiro atoms. The number of fused-ring (bicyclic) bond motifs is 1. The largest absolute Gasteiger partial charge is 0.367 e. The zero-order valence-electron chi connectivity index (χ0n) is 18.6. The van der Waals surface area contributed by atoms with Gasteiger partial charge in [0.2, 0.25) is 0 Å². The summed E-state index contributed by atoms with van der Waals surface area (Å²) < 4.78 is 1.74. The number of anilines is 1. The molecule has 166 valence electrons. The second-order valence-corrected chi connectivity index (χ2v) is 9.23. The first-order chi connectivity index (χ1) is 15.1. The van der Waals surface area contributed by atoms with E-state index < -0.39 is 0 Å². The standard InChI is InChI=1S/C24H34N6O/c1-29-24-20(9-10-22(27-24)26-19-7-5-3-2-4-6-8-19)23(28-29)21(31)17-18-11-14-30(15-12-18)16-13-25/h9-10,18-19H,2-8,11-12,14-17H2,1H3,(H,26,27). The zero-order chi connectivity index (χ0) is 21.6. The third-order valence-electron chi connectivity index (χ3n) is 6.88. The quantitative estimate of drug-likeness (QED) is 0.552. The molecule has 4 rings (SSSR count). The molecule has 7 nitrogen and oxygen atoms in total. The zero-order valence-corrected chi connectivity index (χ0v) is 18.6. The van der Waals surface area contributed by atoms with Crippen LogP contribution in [0.5, 0.6) is 0 Å². The van der Waals surface area contributed by atoms with Gasteiger partial charge in [-0.1, -0.05) is 32.1 Å². The highest BCUT2D eigenvalue weighted by atomic mass is 16.1. The monoisotopic (exact) mass is 422 g/mol. The van der Waals surface area contributed by atoms with Gasteiger partial charge in [0.1, 0.15) is 11.5 Å². The van der Waals surface area contributed by atoms with Crippen LogP contribution in [0, 0.1) is 17.2 Å². The molecule has 7 heteroatoms. The molecular weight excluding hydrogens is 388 g/mol. The highest BCUT2D eigenvalue weighted by Crippen LogP contribution is 2.26. The average Bonchev–Trinajstić information content (AvgIpc) is 3.08. The maximum atomic E-state index is 13.0. The number of hydrogen-bond donors (Lipinski definition) is 1. The molecule has 0 aromatic carbocycles. The van der Waals surface area contributed by atoms with Crippen molar-refractivity contribution in [3.63, 3.8) is 0 Å². The first-order valence-corrected chi connectivity index (χ1v) is 11.9. The van der Waals surface area contributed by atoms with Gasteiger partial charge in [0, 0.05) is 19.5 Å². The summed E-state index contributed by atoms with van der Waals surface area (Å²) in [4.78, 5) is 20.0. The SMILES string of the molecule is Cn1nc(C(=O)CC2CCN(CC#N)CC2)c2ccc(NC3CCCCCCC3)nc21. The Balaban J connectivity index is 1.42. The van der Waals surface area contributed by atoms with Gasteiger partial charge < -0.3 is 5.32 Å². The predicted molar refractivity (Wildman–Crippen MR) is 122 cm³/mol. The van der Waals surface area contributed by atoms with Crippen LogP contribution in [-0.4, -0.2) is 51.1 Å². The van der Waals surface area contributed by atoms with Gasteiger partial charge in [-0.15, -0.1) is 0 Å². The number of aryl methyl sites for hydroxylation is 1. The summed E-state index contributed by atoms with van der Waals surface area (Å²) in [6, 6.07) is 6.69. The number of hydrogen-bond acceptors (Lipinski definition) is 6. The number of likely N-dealkylation sites (tertiary alicyclic amines) is 1. The van der Waals surface area contributed by atoms with Gasteiger partial charge in [-0.05, 0) is 56.8 Å². The van der Waals surface area contributed by atoms with Crippen LogP contribution < -0.4 is 5.32 Å². The molecule has 2 fully saturated rings. The first kappa shape index (κ1) is 21.8. The van der Waals surface area contributed by atoms with Gasteiger partial charge in [-0.25, -0.2) is 9.67 Å². The van der Waals surface area contributed by atoms with Crippen molar-refractivity contribution >= 4 is 22.6 Å². The Morgan fingerprint density at radius 1 is 1.13 bits per heavy atom. The van der Waals surface area contributed by atoms with Crippen molar-refractivity contribution in [1.29, 1.82) is 5.26 Å². The molecule has 0 unspecified atom stereocenters. The Morgan fingerprint density at radius 3 is 2.55 bits per heavy atom. The second kappa shape index (κ2) is 10.2. The fourth-order valence-corrected chi connectivity index (χ4v) is 5.03. The Morgan fingerprint density at radius 2 is 1.84 bits per heavy atom. The molecule has 1 saturated heterocycles. The van der Waals surface area contributed by atoms with E-state index in [0.29, 0.717) is 30.6 Å². The fourth-order valence-electron chi connectivity index (χ4n) is 5.03. The molecule has 2 aromatic heterocycles. The lowest BCUT2D eigenvalue weighted by Gasteiger charge is -2.29. The lowest BCUT2D eigenvalue weighted by Crippen LogP contribution is -2.34. The molecule has 0 bridgehead atoms. The van der Waals surface area contributed by atoms with E-state index in [0.717, 1.165) is 42.8 Å². The van der Waals surface area contributed by atoms with Gasteiger partial charge in [0.15, 0.2) is 11.4 Å². The third-order valence-corrected chi connectivity index (χ3v) is 6.88. The molecular formula is C24H34N6O. The molecule has 1 saturated carbocycles. The van der Waals surface area contributed by atoms with Crippen molar-refractivity contribution in [3.8, 4) is 6.07 Å². The number of ketones is 1. The van der Waals surface area contributed by atoms with Gasteiger partial charge in [0.05, 0.1) is 18.0 Å². The van der Waals surface area contributed by atoms with Crippen molar-refractivity contribution in [2.75, 3.05) is 25.0 Å². The number of aromatic nitrogens is 3. The molecule has 2 aliphatic rings. The van der Waals surface area contributed by atoms with Gasteiger partial charge in [0.25, 0.3) is 0 Å². The second-order valence-electron chi connectivity index (χ2n) is 9.23.